The van der Waals surface area contributed by atoms with Crippen LogP contribution < -0.4 is 0 Å². The molecule has 90 valence electrons. The van der Waals surface area contributed by atoms with Gasteiger partial charge in [0.15, 0.2) is 0 Å². The lowest BCUT2D eigenvalue weighted by Crippen LogP contribution is -2.30. The summed E-state index contributed by atoms with van der Waals surface area (Å²) in [4.78, 5) is 20.2. The highest BCUT2D eigenvalue weighted by molar-refractivity contribution is 5.74. The van der Waals surface area contributed by atoms with Gasteiger partial charge in [0, 0.05) is 5.92 Å². The van der Waals surface area contributed by atoms with E-state index in [1.54, 1.807) is 0 Å². The lowest BCUT2D eigenvalue weighted by atomic mass is 9.84. The van der Waals surface area contributed by atoms with Crippen LogP contribution in [-0.4, -0.2) is 38.9 Å². The van der Waals surface area contributed by atoms with Crippen molar-refractivity contribution < 1.29 is 23.8 Å². The van der Waals surface area contributed by atoms with Gasteiger partial charge in [0.25, 0.3) is 6.47 Å². The van der Waals surface area contributed by atoms with Crippen LogP contribution in [0, 0.1) is 11.8 Å². The summed E-state index contributed by atoms with van der Waals surface area (Å²) in [6.45, 7) is 2.40. The summed E-state index contributed by atoms with van der Waals surface area (Å²) in [6.07, 6.45) is 4.05. The zero-order valence-electron chi connectivity index (χ0n) is 9.58. The largest absolute Gasteiger partial charge is 0.471 e. The summed E-state index contributed by atoms with van der Waals surface area (Å²) < 4.78 is 14.1. The van der Waals surface area contributed by atoms with E-state index in [0.29, 0.717) is 6.47 Å². The standard InChI is InChI=1S/C9H12O3.C2H4O2/c1-5-6-3-4-7(12-6)8(5)9(10)11-2;1-4-2-3/h3-8H,1-2H3;2H,1H3. The van der Waals surface area contributed by atoms with Crippen LogP contribution in [0.15, 0.2) is 12.2 Å². The van der Waals surface area contributed by atoms with Crippen LogP contribution in [-0.2, 0) is 23.8 Å². The number of rotatable bonds is 2. The minimum atomic E-state index is -0.153. The Kier molecular flexibility index (Phi) is 4.49. The van der Waals surface area contributed by atoms with Gasteiger partial charge in [-0.2, -0.15) is 0 Å². The van der Waals surface area contributed by atoms with Crippen LogP contribution in [0.5, 0.6) is 0 Å². The minimum Gasteiger partial charge on any atom is -0.471 e. The summed E-state index contributed by atoms with van der Waals surface area (Å²) in [5, 5.41) is 0. The molecule has 0 aromatic rings. The molecule has 2 heterocycles. The molecule has 0 spiro atoms. The van der Waals surface area contributed by atoms with E-state index < -0.39 is 0 Å². The Morgan fingerprint density at radius 1 is 1.31 bits per heavy atom. The van der Waals surface area contributed by atoms with E-state index >= 15 is 0 Å². The predicted molar refractivity (Wildman–Crippen MR) is 55.5 cm³/mol. The molecule has 2 bridgehead atoms. The Morgan fingerprint density at radius 2 is 1.88 bits per heavy atom. The van der Waals surface area contributed by atoms with E-state index in [1.807, 2.05) is 19.1 Å². The molecule has 5 nitrogen and oxygen atoms in total. The molecule has 4 atom stereocenters. The van der Waals surface area contributed by atoms with Gasteiger partial charge in [-0.05, 0) is 0 Å². The minimum absolute atomic E-state index is 0.0440. The van der Waals surface area contributed by atoms with Crippen molar-refractivity contribution in [3.05, 3.63) is 12.2 Å². The fraction of sp³-hybridized carbons (Fsp3) is 0.636. The number of methoxy groups -OCH3 is 2. The molecule has 0 saturated carbocycles. The molecule has 1 fully saturated rings. The number of hydrogen-bond acceptors (Lipinski definition) is 5. The van der Waals surface area contributed by atoms with Crippen molar-refractivity contribution in [1.82, 2.24) is 0 Å². The van der Waals surface area contributed by atoms with E-state index in [1.165, 1.54) is 14.2 Å². The first-order valence-electron chi connectivity index (χ1n) is 5.03. The summed E-state index contributed by atoms with van der Waals surface area (Å²) in [7, 11) is 2.73. The number of esters is 1. The highest BCUT2D eigenvalue weighted by atomic mass is 16.5. The molecule has 1 saturated heterocycles. The maximum atomic E-state index is 11.3. The van der Waals surface area contributed by atoms with Gasteiger partial charge >= 0.3 is 5.97 Å². The molecule has 0 amide bonds. The molecular formula is C11H16O5. The first kappa shape index (κ1) is 12.7. The van der Waals surface area contributed by atoms with Crippen molar-refractivity contribution in [2.75, 3.05) is 14.2 Å². The van der Waals surface area contributed by atoms with Crippen LogP contribution in [0.3, 0.4) is 0 Å². The Morgan fingerprint density at radius 3 is 2.25 bits per heavy atom. The fourth-order valence-corrected chi connectivity index (χ4v) is 1.98. The summed E-state index contributed by atoms with van der Waals surface area (Å²) in [5.41, 5.74) is 0. The third-order valence-electron chi connectivity index (χ3n) is 2.81. The smallest absolute Gasteiger partial charge is 0.312 e. The second-order valence-corrected chi connectivity index (χ2v) is 3.69. The second kappa shape index (κ2) is 5.65. The Labute approximate surface area is 94.4 Å². The highest BCUT2D eigenvalue weighted by Crippen LogP contribution is 2.39. The van der Waals surface area contributed by atoms with Gasteiger partial charge in [-0.25, -0.2) is 0 Å². The fourth-order valence-electron chi connectivity index (χ4n) is 1.98. The van der Waals surface area contributed by atoms with E-state index in [2.05, 4.69) is 4.74 Å². The third-order valence-corrected chi connectivity index (χ3v) is 2.81. The van der Waals surface area contributed by atoms with Crippen LogP contribution in [0.2, 0.25) is 0 Å². The molecular weight excluding hydrogens is 212 g/mol. The zero-order valence-corrected chi connectivity index (χ0v) is 9.58. The van der Waals surface area contributed by atoms with E-state index in [4.69, 9.17) is 14.3 Å². The molecule has 16 heavy (non-hydrogen) atoms. The first-order valence-corrected chi connectivity index (χ1v) is 5.03. The average Bonchev–Trinajstić information content (AvgIpc) is 2.89. The molecule has 0 aliphatic carbocycles. The van der Waals surface area contributed by atoms with Gasteiger partial charge in [-0.3, -0.25) is 9.59 Å². The SMILES string of the molecule is COC(=O)C1C2C=CC(O2)C1C.COC=O. The maximum Gasteiger partial charge on any atom is 0.312 e. The maximum absolute atomic E-state index is 11.3. The monoisotopic (exact) mass is 228 g/mol. The first-order chi connectivity index (χ1) is 7.65. The van der Waals surface area contributed by atoms with Crippen molar-refractivity contribution in [3.8, 4) is 0 Å². The van der Waals surface area contributed by atoms with Crippen molar-refractivity contribution >= 4 is 12.4 Å². The number of ether oxygens (including phenoxy) is 3. The number of carbonyl (C=O) groups is 2. The molecule has 0 aromatic carbocycles. The van der Waals surface area contributed by atoms with Gasteiger partial charge in [-0.1, -0.05) is 19.1 Å². The Bertz CT molecular complexity index is 286. The summed E-state index contributed by atoms with van der Waals surface area (Å²) >= 11 is 0. The zero-order chi connectivity index (χ0) is 12.1. The van der Waals surface area contributed by atoms with Gasteiger partial charge in [0.1, 0.15) is 0 Å². The van der Waals surface area contributed by atoms with E-state index in [0.717, 1.165) is 0 Å². The van der Waals surface area contributed by atoms with Crippen molar-refractivity contribution in [3.63, 3.8) is 0 Å². The lowest BCUT2D eigenvalue weighted by Gasteiger charge is -2.18. The van der Waals surface area contributed by atoms with Gasteiger partial charge < -0.3 is 14.2 Å². The Hall–Kier alpha value is -1.36. The molecule has 2 rings (SSSR count). The molecule has 2 aliphatic heterocycles. The molecule has 2 aliphatic rings. The highest BCUT2D eigenvalue weighted by Gasteiger charge is 2.47. The van der Waals surface area contributed by atoms with E-state index in [-0.39, 0.29) is 30.0 Å². The molecule has 0 aromatic heterocycles. The van der Waals surface area contributed by atoms with Crippen molar-refractivity contribution in [1.29, 1.82) is 0 Å². The second-order valence-electron chi connectivity index (χ2n) is 3.69. The van der Waals surface area contributed by atoms with Crippen LogP contribution in [0.25, 0.3) is 0 Å². The third kappa shape index (κ3) is 2.41. The van der Waals surface area contributed by atoms with E-state index in [9.17, 15) is 4.79 Å². The number of fused-ring (bicyclic) bond motifs is 2. The van der Waals surface area contributed by atoms with Crippen molar-refractivity contribution in [2.45, 2.75) is 19.1 Å². The van der Waals surface area contributed by atoms with Gasteiger partial charge in [0.05, 0.1) is 32.3 Å². The summed E-state index contributed by atoms with van der Waals surface area (Å²) in [5.74, 6) is 0.0109. The van der Waals surface area contributed by atoms with Gasteiger partial charge in [-0.15, -0.1) is 0 Å². The molecule has 5 heteroatoms. The molecule has 4 unspecified atom stereocenters. The lowest BCUT2D eigenvalue weighted by molar-refractivity contribution is -0.147. The normalized spacial score (nSPS) is 33.9. The predicted octanol–water partition coefficient (Wildman–Crippen LogP) is 0.538. The van der Waals surface area contributed by atoms with Gasteiger partial charge in [0.2, 0.25) is 0 Å². The topological polar surface area (TPSA) is 61.8 Å². The molecule has 0 radical (unpaired) electrons. The van der Waals surface area contributed by atoms with Crippen LogP contribution in [0.4, 0.5) is 0 Å². The Balaban J connectivity index is 0.000000280. The molecule has 0 N–H and O–H groups in total. The van der Waals surface area contributed by atoms with Crippen molar-refractivity contribution in [2.24, 2.45) is 11.8 Å². The number of hydrogen-bond donors (Lipinski definition) is 0. The average molecular weight is 228 g/mol. The quantitative estimate of drug-likeness (QED) is 0.392. The summed E-state index contributed by atoms with van der Waals surface area (Å²) in [6, 6.07) is 0. The number of carbonyl (C=O) groups excluding carboxylic acids is 2. The van der Waals surface area contributed by atoms with Crippen LogP contribution in [0.1, 0.15) is 6.92 Å². The van der Waals surface area contributed by atoms with Crippen LogP contribution >= 0.6 is 0 Å².